The average Bonchev–Trinajstić information content (AvgIpc) is 2.88. The smallest absolute Gasteiger partial charge is 0.242 e. The summed E-state index contributed by atoms with van der Waals surface area (Å²) in [5, 5.41) is 3.57. The number of carbonyl (C=O) groups is 2. The minimum absolute atomic E-state index is 0.0859. The van der Waals surface area contributed by atoms with Gasteiger partial charge in [0.2, 0.25) is 11.8 Å². The molecule has 0 spiro atoms. The Morgan fingerprint density at radius 2 is 2.00 bits per heavy atom. The van der Waals surface area contributed by atoms with Crippen molar-refractivity contribution in [3.63, 3.8) is 0 Å². The maximum Gasteiger partial charge on any atom is 0.242 e. The molecule has 0 saturated carbocycles. The third-order valence-electron chi connectivity index (χ3n) is 4.01. The number of aliphatic imine (C=N–C) groups is 1. The van der Waals surface area contributed by atoms with E-state index in [2.05, 4.69) is 26.2 Å². The van der Waals surface area contributed by atoms with Gasteiger partial charge in [-0.3, -0.25) is 14.5 Å². The number of amides is 2. The summed E-state index contributed by atoms with van der Waals surface area (Å²) in [4.78, 5) is 30.8. The highest BCUT2D eigenvalue weighted by molar-refractivity contribution is 9.10. The highest BCUT2D eigenvalue weighted by Gasteiger charge is 2.37. The molecule has 0 radical (unpaired) electrons. The van der Waals surface area contributed by atoms with Gasteiger partial charge in [0.15, 0.2) is 5.17 Å². The van der Waals surface area contributed by atoms with Gasteiger partial charge in [0, 0.05) is 28.7 Å². The van der Waals surface area contributed by atoms with Gasteiger partial charge in [-0.1, -0.05) is 39.3 Å². The highest BCUT2D eigenvalue weighted by atomic mass is 79.9. The summed E-state index contributed by atoms with van der Waals surface area (Å²) in [6.45, 7) is 1.90. The molecule has 1 atom stereocenters. The Morgan fingerprint density at radius 1 is 1.30 bits per heavy atom. The summed E-state index contributed by atoms with van der Waals surface area (Å²) >= 11 is 10.7. The molecule has 1 fully saturated rings. The number of hydrogen-bond acceptors (Lipinski definition) is 4. The lowest BCUT2D eigenvalue weighted by Crippen LogP contribution is -2.30. The van der Waals surface area contributed by atoms with E-state index < -0.39 is 5.25 Å². The van der Waals surface area contributed by atoms with Crippen LogP contribution in [0.25, 0.3) is 0 Å². The molecule has 2 amide bonds. The number of nitrogens with one attached hydrogen (secondary N) is 1. The molecule has 8 heteroatoms. The molecule has 2 aromatic rings. The van der Waals surface area contributed by atoms with Gasteiger partial charge in [0.05, 0.1) is 5.69 Å². The Bertz CT molecular complexity index is 918. The second-order valence-electron chi connectivity index (χ2n) is 6.09. The molecule has 3 rings (SSSR count). The van der Waals surface area contributed by atoms with Gasteiger partial charge in [-0.05, 0) is 55.0 Å². The molecule has 2 aromatic carbocycles. The van der Waals surface area contributed by atoms with E-state index >= 15 is 0 Å². The van der Waals surface area contributed by atoms with Crippen LogP contribution in [0.3, 0.4) is 0 Å². The van der Waals surface area contributed by atoms with Crippen LogP contribution < -0.4 is 5.32 Å². The first kappa shape index (κ1) is 19.9. The number of carbonyl (C=O) groups excluding carboxylic acids is 2. The van der Waals surface area contributed by atoms with Crippen LogP contribution in [0, 0.1) is 6.92 Å². The predicted molar refractivity (Wildman–Crippen MR) is 115 cm³/mol. The lowest BCUT2D eigenvalue weighted by molar-refractivity contribution is -0.127. The number of benzene rings is 2. The largest absolute Gasteiger partial charge is 0.326 e. The van der Waals surface area contributed by atoms with Crippen molar-refractivity contribution in [2.24, 2.45) is 4.99 Å². The number of halogens is 2. The van der Waals surface area contributed by atoms with Crippen molar-refractivity contribution in [3.8, 4) is 0 Å². The van der Waals surface area contributed by atoms with Crippen molar-refractivity contribution in [2.75, 3.05) is 12.4 Å². The number of hydrogen-bond donors (Lipinski definition) is 1. The molecule has 27 heavy (non-hydrogen) atoms. The van der Waals surface area contributed by atoms with Crippen molar-refractivity contribution in [1.29, 1.82) is 0 Å². The Labute approximate surface area is 175 Å². The van der Waals surface area contributed by atoms with Crippen molar-refractivity contribution in [3.05, 3.63) is 57.5 Å². The molecule has 1 aliphatic rings. The van der Waals surface area contributed by atoms with Gasteiger partial charge in [-0.2, -0.15) is 0 Å². The van der Waals surface area contributed by atoms with Crippen LogP contribution in [0.15, 0.2) is 51.9 Å². The number of anilines is 1. The van der Waals surface area contributed by atoms with Gasteiger partial charge in [-0.25, -0.2) is 4.99 Å². The van der Waals surface area contributed by atoms with Crippen LogP contribution in [0.5, 0.6) is 0 Å². The van der Waals surface area contributed by atoms with Gasteiger partial charge in [-0.15, -0.1) is 0 Å². The fraction of sp³-hybridized carbons (Fsp3) is 0.211. The minimum Gasteiger partial charge on any atom is -0.326 e. The van der Waals surface area contributed by atoms with E-state index in [0.29, 0.717) is 15.9 Å². The van der Waals surface area contributed by atoms with Gasteiger partial charge in [0.25, 0.3) is 0 Å². The zero-order chi connectivity index (χ0) is 19.6. The first-order chi connectivity index (χ1) is 12.8. The van der Waals surface area contributed by atoms with Crippen molar-refractivity contribution in [2.45, 2.75) is 18.6 Å². The summed E-state index contributed by atoms with van der Waals surface area (Å²) in [6, 6.07) is 12.7. The topological polar surface area (TPSA) is 61.8 Å². The number of rotatable bonds is 4. The van der Waals surface area contributed by atoms with Crippen LogP contribution in [-0.2, 0) is 9.59 Å². The fourth-order valence-corrected chi connectivity index (χ4v) is 4.06. The summed E-state index contributed by atoms with van der Waals surface area (Å²) in [7, 11) is 1.67. The molecular weight excluding hydrogens is 450 g/mol. The monoisotopic (exact) mass is 465 g/mol. The van der Waals surface area contributed by atoms with E-state index in [0.717, 1.165) is 15.7 Å². The van der Waals surface area contributed by atoms with Crippen LogP contribution in [-0.4, -0.2) is 34.2 Å². The third kappa shape index (κ3) is 4.91. The molecule has 0 aliphatic carbocycles. The average molecular weight is 467 g/mol. The number of thioether (sulfide) groups is 1. The van der Waals surface area contributed by atoms with E-state index in [1.807, 2.05) is 25.1 Å². The summed E-state index contributed by atoms with van der Waals surface area (Å²) < 4.78 is 0.932. The lowest BCUT2D eigenvalue weighted by atomic mass is 10.2. The molecule has 1 aliphatic heterocycles. The summed E-state index contributed by atoms with van der Waals surface area (Å²) in [6.07, 6.45) is 0.0859. The van der Waals surface area contributed by atoms with Crippen molar-refractivity contribution < 1.29 is 9.59 Å². The first-order valence-electron chi connectivity index (χ1n) is 8.18. The quantitative estimate of drug-likeness (QED) is 0.689. The van der Waals surface area contributed by atoms with Crippen LogP contribution in [0.2, 0.25) is 5.02 Å². The molecule has 1 N–H and O–H groups in total. The van der Waals surface area contributed by atoms with E-state index in [9.17, 15) is 9.59 Å². The Kier molecular flexibility index (Phi) is 6.24. The van der Waals surface area contributed by atoms with Gasteiger partial charge >= 0.3 is 0 Å². The Morgan fingerprint density at radius 3 is 2.67 bits per heavy atom. The maximum absolute atomic E-state index is 12.5. The molecule has 1 heterocycles. The second-order valence-corrected chi connectivity index (χ2v) is 8.58. The van der Waals surface area contributed by atoms with Gasteiger partial charge < -0.3 is 5.32 Å². The predicted octanol–water partition coefficient (Wildman–Crippen LogP) is 5.00. The molecule has 140 valence electrons. The number of nitrogens with zero attached hydrogens (tertiary/aromatic N) is 2. The lowest BCUT2D eigenvalue weighted by Gasteiger charge is -2.09. The number of amidine groups is 1. The molecule has 0 bridgehead atoms. The summed E-state index contributed by atoms with van der Waals surface area (Å²) in [5.74, 6) is -0.337. The van der Waals surface area contributed by atoms with Crippen LogP contribution in [0.4, 0.5) is 11.4 Å². The molecule has 1 unspecified atom stereocenters. The van der Waals surface area contributed by atoms with E-state index in [1.165, 1.54) is 16.7 Å². The number of aryl methyl sites for hydroxylation is 1. The Hall–Kier alpha value is -1.83. The van der Waals surface area contributed by atoms with Gasteiger partial charge in [0.1, 0.15) is 5.25 Å². The molecule has 5 nitrogen and oxygen atoms in total. The van der Waals surface area contributed by atoms with E-state index in [4.69, 9.17) is 11.6 Å². The molecule has 1 saturated heterocycles. The normalized spacial score (nSPS) is 18.2. The van der Waals surface area contributed by atoms with Crippen LogP contribution >= 0.6 is 39.3 Å². The molecule has 0 aromatic heterocycles. The molecular formula is C19H17BrClN3O2S. The highest BCUT2D eigenvalue weighted by Crippen LogP contribution is 2.31. The van der Waals surface area contributed by atoms with E-state index in [-0.39, 0.29) is 18.2 Å². The fourth-order valence-electron chi connectivity index (χ4n) is 2.52. The van der Waals surface area contributed by atoms with Crippen molar-refractivity contribution >= 4 is 67.6 Å². The summed E-state index contributed by atoms with van der Waals surface area (Å²) in [5.41, 5.74) is 2.33. The van der Waals surface area contributed by atoms with Crippen LogP contribution in [0.1, 0.15) is 12.0 Å². The second kappa shape index (κ2) is 8.46. The van der Waals surface area contributed by atoms with Crippen molar-refractivity contribution in [1.82, 2.24) is 4.90 Å². The zero-order valence-electron chi connectivity index (χ0n) is 14.7. The standard InChI is InChI=1S/C19H17BrClN3O2S/c1-11-9-14(7-8-15(11)21)23-19-24(2)18(26)16(27-19)10-17(25)22-13-5-3-12(20)4-6-13/h3-9,16H,10H2,1-2H3,(H,22,25). The zero-order valence-corrected chi connectivity index (χ0v) is 17.9. The Balaban J connectivity index is 1.67. The van der Waals surface area contributed by atoms with E-state index in [1.54, 1.807) is 31.3 Å². The first-order valence-corrected chi connectivity index (χ1v) is 10.2. The third-order valence-corrected chi connectivity index (χ3v) is 6.19. The minimum atomic E-state index is -0.488. The maximum atomic E-state index is 12.5. The SMILES string of the molecule is Cc1cc(N=C2SC(CC(=O)Nc3ccc(Br)cc3)C(=O)N2C)ccc1Cl.